The summed E-state index contributed by atoms with van der Waals surface area (Å²) in [6, 6.07) is 10.00. The van der Waals surface area contributed by atoms with Gasteiger partial charge in [-0.15, -0.1) is 0 Å². The Hall–Kier alpha value is -3.72. The first-order chi connectivity index (χ1) is 14.7. The summed E-state index contributed by atoms with van der Waals surface area (Å²) in [7, 11) is 0. The van der Waals surface area contributed by atoms with Gasteiger partial charge in [0, 0.05) is 6.42 Å². The normalized spacial score (nSPS) is 14.6. The van der Waals surface area contributed by atoms with Gasteiger partial charge in [0.25, 0.3) is 5.91 Å². The van der Waals surface area contributed by atoms with Crippen molar-refractivity contribution < 1.29 is 23.5 Å². The van der Waals surface area contributed by atoms with Crippen molar-refractivity contribution in [1.29, 1.82) is 0 Å². The minimum absolute atomic E-state index is 0.135. The highest BCUT2D eigenvalue weighted by Gasteiger charge is 2.31. The molecule has 1 aliphatic heterocycles. The topological polar surface area (TPSA) is 118 Å². The predicted octanol–water partition coefficient (Wildman–Crippen LogP) is 2.51. The molecule has 1 aliphatic rings. The smallest absolute Gasteiger partial charge is 0.328 e. The second kappa shape index (κ2) is 7.51. The van der Waals surface area contributed by atoms with Crippen LogP contribution in [0.4, 0.5) is 8.78 Å². The number of halogens is 2. The van der Waals surface area contributed by atoms with Crippen molar-refractivity contribution in [3.8, 4) is 11.4 Å². The van der Waals surface area contributed by atoms with Crippen LogP contribution in [0, 0.1) is 11.6 Å². The average Bonchev–Trinajstić information content (AvgIpc) is 3.09. The number of benzene rings is 2. The van der Waals surface area contributed by atoms with Crippen LogP contribution in [0.15, 0.2) is 42.5 Å². The van der Waals surface area contributed by atoms with Crippen LogP contribution in [0.1, 0.15) is 39.8 Å². The predicted molar refractivity (Wildman–Crippen MR) is 107 cm³/mol. The van der Waals surface area contributed by atoms with Gasteiger partial charge in [0.2, 0.25) is 0 Å². The van der Waals surface area contributed by atoms with Crippen LogP contribution in [0.3, 0.4) is 0 Å². The average molecular weight is 424 g/mol. The Morgan fingerprint density at radius 2 is 1.77 bits per heavy atom. The molecule has 31 heavy (non-hydrogen) atoms. The molecule has 158 valence electrons. The maximum atomic E-state index is 14.3. The van der Waals surface area contributed by atoms with E-state index in [-0.39, 0.29) is 35.8 Å². The van der Waals surface area contributed by atoms with Gasteiger partial charge in [-0.1, -0.05) is 30.3 Å². The second-order valence-electron chi connectivity index (χ2n) is 7.48. The first kappa shape index (κ1) is 20.5. The maximum Gasteiger partial charge on any atom is 0.328 e. The number of nitrogens with two attached hydrogens (primary N) is 1. The summed E-state index contributed by atoms with van der Waals surface area (Å²) in [6.45, 7) is 1.52. The molecule has 9 heteroatoms. The Kier molecular flexibility index (Phi) is 4.98. The van der Waals surface area contributed by atoms with E-state index in [1.165, 1.54) is 13.0 Å². The number of carbonyl (C=O) groups excluding carboxylic acids is 1. The molecule has 2 heterocycles. The fourth-order valence-electron chi connectivity index (χ4n) is 3.44. The first-order valence-electron chi connectivity index (χ1n) is 9.42. The molecule has 0 fully saturated rings. The Balaban J connectivity index is 1.76. The number of aliphatic carboxylic acids is 1. The minimum atomic E-state index is -1.55. The van der Waals surface area contributed by atoms with Gasteiger partial charge in [-0.3, -0.25) is 4.79 Å². The third kappa shape index (κ3) is 3.64. The number of carboxylic acid groups (broad SMARTS) is 1. The van der Waals surface area contributed by atoms with Crippen LogP contribution in [0.2, 0.25) is 0 Å². The van der Waals surface area contributed by atoms with Crippen molar-refractivity contribution in [2.45, 2.75) is 25.4 Å². The molecule has 0 spiro atoms. The van der Waals surface area contributed by atoms with Crippen LogP contribution in [-0.2, 0) is 23.3 Å². The number of hydrogen-bond acceptors (Lipinski definition) is 5. The van der Waals surface area contributed by atoms with Crippen molar-refractivity contribution in [3.63, 3.8) is 0 Å². The standard InChI is InChI=1S/C22H18F2N4O3/c1-22(25,21(30)31)12-7-5-11(6-8-12)9-15-18-16(10-26-20(18)29)28-19(27-15)17-13(23)3-2-4-14(17)24/h2-8H,9-10,25H2,1H3,(H,26,29)(H,30,31)/t22-/m0/s1. The summed E-state index contributed by atoms with van der Waals surface area (Å²) in [5, 5.41) is 11.9. The van der Waals surface area contributed by atoms with Crippen LogP contribution in [0.5, 0.6) is 0 Å². The fraction of sp³-hybridized carbons (Fsp3) is 0.182. The molecule has 2 aromatic carbocycles. The molecular formula is C22H18F2N4O3. The van der Waals surface area contributed by atoms with Gasteiger partial charge in [-0.2, -0.15) is 0 Å². The molecule has 0 unspecified atom stereocenters. The van der Waals surface area contributed by atoms with E-state index in [0.29, 0.717) is 22.5 Å². The molecule has 0 aliphatic carbocycles. The van der Waals surface area contributed by atoms with Crippen LogP contribution < -0.4 is 11.1 Å². The summed E-state index contributed by atoms with van der Waals surface area (Å²) < 4.78 is 28.6. The molecule has 4 N–H and O–H groups in total. The number of rotatable bonds is 5. The lowest BCUT2D eigenvalue weighted by molar-refractivity contribution is -0.143. The molecule has 1 atom stereocenters. The zero-order valence-electron chi connectivity index (χ0n) is 16.4. The van der Waals surface area contributed by atoms with Gasteiger partial charge in [-0.05, 0) is 30.2 Å². The molecule has 1 aromatic heterocycles. The van der Waals surface area contributed by atoms with Gasteiger partial charge in [0.1, 0.15) is 17.2 Å². The molecule has 0 radical (unpaired) electrons. The van der Waals surface area contributed by atoms with Crippen LogP contribution >= 0.6 is 0 Å². The molecular weight excluding hydrogens is 406 g/mol. The summed E-state index contributed by atoms with van der Waals surface area (Å²) >= 11 is 0. The fourth-order valence-corrected chi connectivity index (χ4v) is 3.44. The number of carboxylic acids is 1. The Bertz CT molecular complexity index is 1190. The van der Waals surface area contributed by atoms with Gasteiger partial charge in [0.05, 0.1) is 29.1 Å². The summed E-state index contributed by atoms with van der Waals surface area (Å²) in [6.07, 6.45) is 0.177. The number of aromatic nitrogens is 2. The summed E-state index contributed by atoms with van der Waals surface area (Å²) in [5.74, 6) is -3.27. The van der Waals surface area contributed by atoms with Crippen molar-refractivity contribution in [3.05, 3.63) is 82.2 Å². The third-order valence-electron chi connectivity index (χ3n) is 5.26. The van der Waals surface area contributed by atoms with E-state index in [2.05, 4.69) is 15.3 Å². The summed E-state index contributed by atoms with van der Waals surface area (Å²) in [5.41, 5.74) is 6.01. The van der Waals surface area contributed by atoms with E-state index in [4.69, 9.17) is 5.73 Å². The lowest BCUT2D eigenvalue weighted by Gasteiger charge is -2.20. The van der Waals surface area contributed by atoms with Gasteiger partial charge in [-0.25, -0.2) is 23.5 Å². The van der Waals surface area contributed by atoms with Crippen molar-refractivity contribution in [1.82, 2.24) is 15.3 Å². The number of hydrogen-bond donors (Lipinski definition) is 3. The second-order valence-corrected chi connectivity index (χ2v) is 7.48. The highest BCUT2D eigenvalue weighted by molar-refractivity contribution is 5.99. The lowest BCUT2D eigenvalue weighted by Crippen LogP contribution is -2.41. The number of carbonyl (C=O) groups is 2. The first-order valence-corrected chi connectivity index (χ1v) is 9.42. The third-order valence-corrected chi connectivity index (χ3v) is 5.26. The van der Waals surface area contributed by atoms with Gasteiger partial charge >= 0.3 is 5.97 Å². The van der Waals surface area contributed by atoms with Crippen LogP contribution in [-0.4, -0.2) is 27.0 Å². The molecule has 3 aromatic rings. The molecule has 0 saturated carbocycles. The van der Waals surface area contributed by atoms with E-state index in [1.807, 2.05) is 0 Å². The molecule has 1 amide bonds. The lowest BCUT2D eigenvalue weighted by atomic mass is 9.92. The number of amides is 1. The van der Waals surface area contributed by atoms with Crippen molar-refractivity contribution in [2.75, 3.05) is 0 Å². The van der Waals surface area contributed by atoms with Gasteiger partial charge < -0.3 is 16.2 Å². The minimum Gasteiger partial charge on any atom is -0.480 e. The number of fused-ring (bicyclic) bond motifs is 1. The van der Waals surface area contributed by atoms with Gasteiger partial charge in [0.15, 0.2) is 5.82 Å². The highest BCUT2D eigenvalue weighted by atomic mass is 19.1. The van der Waals surface area contributed by atoms with E-state index < -0.39 is 23.1 Å². The monoisotopic (exact) mass is 424 g/mol. The Morgan fingerprint density at radius 3 is 2.39 bits per heavy atom. The van der Waals surface area contributed by atoms with Crippen molar-refractivity contribution >= 4 is 11.9 Å². The number of nitrogens with zero attached hydrogens (tertiary/aromatic N) is 2. The van der Waals surface area contributed by atoms with Crippen LogP contribution in [0.25, 0.3) is 11.4 Å². The molecule has 7 nitrogen and oxygen atoms in total. The van der Waals surface area contributed by atoms with E-state index >= 15 is 0 Å². The van der Waals surface area contributed by atoms with Crippen molar-refractivity contribution in [2.24, 2.45) is 5.73 Å². The highest BCUT2D eigenvalue weighted by Crippen LogP contribution is 2.28. The van der Waals surface area contributed by atoms with E-state index in [9.17, 15) is 23.5 Å². The number of nitrogens with one attached hydrogen (secondary N) is 1. The Labute approximate surface area is 176 Å². The SMILES string of the molecule is C[C@@](N)(C(=O)O)c1ccc(Cc2nc(-c3c(F)cccc3F)nc3c2C(=O)NC3)cc1. The zero-order chi connectivity index (χ0) is 22.3. The molecule has 0 saturated heterocycles. The molecule has 4 rings (SSSR count). The largest absolute Gasteiger partial charge is 0.480 e. The molecule has 0 bridgehead atoms. The van der Waals surface area contributed by atoms with E-state index in [0.717, 1.165) is 12.1 Å². The summed E-state index contributed by atoms with van der Waals surface area (Å²) in [4.78, 5) is 32.2. The van der Waals surface area contributed by atoms with E-state index in [1.54, 1.807) is 24.3 Å². The quantitative estimate of drug-likeness (QED) is 0.579. The zero-order valence-corrected chi connectivity index (χ0v) is 16.4. The maximum absolute atomic E-state index is 14.3. The Morgan fingerprint density at radius 1 is 1.13 bits per heavy atom.